The first-order valence-electron chi connectivity index (χ1n) is 8.56. The number of amides is 1. The van der Waals surface area contributed by atoms with Crippen molar-refractivity contribution in [1.82, 2.24) is 4.72 Å². The third-order valence-corrected chi connectivity index (χ3v) is 5.28. The first kappa shape index (κ1) is 21.6. The van der Waals surface area contributed by atoms with E-state index in [4.69, 9.17) is 9.47 Å². The SMILES string of the molecule is COc1ccc(S(=O)(=O)NC(C)C)cc1NC(=O)[C@@H](C)Oc1ccc(F)cc1. The van der Waals surface area contributed by atoms with Crippen LogP contribution in [0.15, 0.2) is 47.4 Å². The van der Waals surface area contributed by atoms with Crippen LogP contribution in [-0.2, 0) is 14.8 Å². The summed E-state index contributed by atoms with van der Waals surface area (Å²) < 4.78 is 50.8. The Bertz CT molecular complexity index is 930. The molecule has 2 aromatic rings. The third-order valence-electron chi connectivity index (χ3n) is 3.63. The molecule has 1 atom stereocenters. The van der Waals surface area contributed by atoms with Gasteiger partial charge in [0, 0.05) is 6.04 Å². The van der Waals surface area contributed by atoms with Crippen molar-refractivity contribution in [3.63, 3.8) is 0 Å². The molecular formula is C19H23FN2O5S. The molecule has 0 heterocycles. The molecule has 1 amide bonds. The highest BCUT2D eigenvalue weighted by atomic mass is 32.2. The molecule has 7 nitrogen and oxygen atoms in total. The summed E-state index contributed by atoms with van der Waals surface area (Å²) >= 11 is 0. The van der Waals surface area contributed by atoms with Crippen LogP contribution in [0.5, 0.6) is 11.5 Å². The van der Waals surface area contributed by atoms with Crippen molar-refractivity contribution in [3.05, 3.63) is 48.3 Å². The van der Waals surface area contributed by atoms with E-state index in [1.54, 1.807) is 13.8 Å². The average molecular weight is 410 g/mol. The minimum atomic E-state index is -3.74. The number of carbonyl (C=O) groups is 1. The zero-order chi connectivity index (χ0) is 20.9. The zero-order valence-corrected chi connectivity index (χ0v) is 16.8. The van der Waals surface area contributed by atoms with Crippen LogP contribution < -0.4 is 19.5 Å². The molecule has 152 valence electrons. The van der Waals surface area contributed by atoms with Gasteiger partial charge in [-0.25, -0.2) is 17.5 Å². The fourth-order valence-electron chi connectivity index (χ4n) is 2.34. The van der Waals surface area contributed by atoms with Gasteiger partial charge in [-0.3, -0.25) is 4.79 Å². The Balaban J connectivity index is 2.20. The highest BCUT2D eigenvalue weighted by molar-refractivity contribution is 7.89. The first-order valence-corrected chi connectivity index (χ1v) is 10.0. The molecule has 2 rings (SSSR count). The largest absolute Gasteiger partial charge is 0.495 e. The molecule has 0 saturated carbocycles. The van der Waals surface area contributed by atoms with Gasteiger partial charge in [-0.15, -0.1) is 0 Å². The molecule has 0 aliphatic rings. The predicted molar refractivity (Wildman–Crippen MR) is 104 cm³/mol. The predicted octanol–water partition coefficient (Wildman–Crippen LogP) is 2.93. The number of halogens is 1. The topological polar surface area (TPSA) is 93.7 Å². The number of sulfonamides is 1. The lowest BCUT2D eigenvalue weighted by molar-refractivity contribution is -0.122. The highest BCUT2D eigenvalue weighted by Gasteiger charge is 2.21. The van der Waals surface area contributed by atoms with Gasteiger partial charge in [0.1, 0.15) is 17.3 Å². The second kappa shape index (κ2) is 9.03. The van der Waals surface area contributed by atoms with Crippen LogP contribution in [0.25, 0.3) is 0 Å². The number of nitrogens with one attached hydrogen (secondary N) is 2. The van der Waals surface area contributed by atoms with Gasteiger partial charge in [0.15, 0.2) is 6.10 Å². The Morgan fingerprint density at radius 3 is 2.29 bits per heavy atom. The van der Waals surface area contributed by atoms with E-state index in [1.165, 1.54) is 56.5 Å². The molecule has 28 heavy (non-hydrogen) atoms. The smallest absolute Gasteiger partial charge is 0.265 e. The van der Waals surface area contributed by atoms with Crippen molar-refractivity contribution >= 4 is 21.6 Å². The van der Waals surface area contributed by atoms with E-state index in [2.05, 4.69) is 10.0 Å². The minimum absolute atomic E-state index is 0.00981. The van der Waals surface area contributed by atoms with Crippen molar-refractivity contribution in [2.45, 2.75) is 37.8 Å². The number of anilines is 1. The number of methoxy groups -OCH3 is 1. The molecule has 9 heteroatoms. The van der Waals surface area contributed by atoms with E-state index < -0.39 is 27.9 Å². The van der Waals surface area contributed by atoms with Crippen LogP contribution in [0.1, 0.15) is 20.8 Å². The lowest BCUT2D eigenvalue weighted by Gasteiger charge is -2.17. The summed E-state index contributed by atoms with van der Waals surface area (Å²) in [6.07, 6.45) is -0.913. The molecule has 0 fully saturated rings. The number of carbonyl (C=O) groups excluding carboxylic acids is 1. The molecule has 0 saturated heterocycles. The Morgan fingerprint density at radius 1 is 1.07 bits per heavy atom. The van der Waals surface area contributed by atoms with E-state index >= 15 is 0 Å². The Hall–Kier alpha value is -2.65. The van der Waals surface area contributed by atoms with Gasteiger partial charge >= 0.3 is 0 Å². The fraction of sp³-hybridized carbons (Fsp3) is 0.316. The molecule has 2 aromatic carbocycles. The lowest BCUT2D eigenvalue weighted by Crippen LogP contribution is -2.31. The summed E-state index contributed by atoms with van der Waals surface area (Å²) in [5.41, 5.74) is 0.189. The van der Waals surface area contributed by atoms with E-state index in [-0.39, 0.29) is 16.6 Å². The lowest BCUT2D eigenvalue weighted by atomic mass is 10.2. The molecule has 0 aromatic heterocycles. The van der Waals surface area contributed by atoms with Gasteiger partial charge in [-0.05, 0) is 63.2 Å². The molecule has 0 aliphatic heterocycles. The first-order chi connectivity index (χ1) is 13.1. The highest BCUT2D eigenvalue weighted by Crippen LogP contribution is 2.28. The van der Waals surface area contributed by atoms with E-state index in [9.17, 15) is 17.6 Å². The van der Waals surface area contributed by atoms with E-state index in [1.807, 2.05) is 0 Å². The summed E-state index contributed by atoms with van der Waals surface area (Å²) in [4.78, 5) is 12.5. The van der Waals surface area contributed by atoms with E-state index in [0.29, 0.717) is 11.5 Å². The summed E-state index contributed by atoms with van der Waals surface area (Å²) in [5, 5.41) is 2.60. The monoisotopic (exact) mass is 410 g/mol. The Morgan fingerprint density at radius 2 is 1.71 bits per heavy atom. The number of ether oxygens (including phenoxy) is 2. The van der Waals surface area contributed by atoms with Crippen LogP contribution in [0, 0.1) is 5.82 Å². The van der Waals surface area contributed by atoms with Crippen molar-refractivity contribution in [3.8, 4) is 11.5 Å². The minimum Gasteiger partial charge on any atom is -0.495 e. The molecule has 0 spiro atoms. The fourth-order valence-corrected chi connectivity index (χ4v) is 3.61. The van der Waals surface area contributed by atoms with Gasteiger partial charge in [-0.2, -0.15) is 0 Å². The van der Waals surface area contributed by atoms with Crippen LogP contribution in [0.2, 0.25) is 0 Å². The molecule has 0 aliphatic carbocycles. The second-order valence-electron chi connectivity index (χ2n) is 6.34. The molecular weight excluding hydrogens is 387 g/mol. The van der Waals surface area contributed by atoms with Crippen LogP contribution in [0.3, 0.4) is 0 Å². The van der Waals surface area contributed by atoms with Crippen molar-refractivity contribution in [2.75, 3.05) is 12.4 Å². The molecule has 2 N–H and O–H groups in total. The van der Waals surface area contributed by atoms with Gasteiger partial charge in [0.25, 0.3) is 5.91 Å². The van der Waals surface area contributed by atoms with Crippen molar-refractivity contribution in [1.29, 1.82) is 0 Å². The molecule has 0 unspecified atom stereocenters. The molecule has 0 bridgehead atoms. The maximum atomic E-state index is 13.0. The molecule has 0 radical (unpaired) electrons. The van der Waals surface area contributed by atoms with Gasteiger partial charge in [-0.1, -0.05) is 0 Å². The number of hydrogen-bond donors (Lipinski definition) is 2. The maximum Gasteiger partial charge on any atom is 0.265 e. The summed E-state index contributed by atoms with van der Waals surface area (Å²) in [5.74, 6) is -0.310. The standard InChI is InChI=1S/C19H23FN2O5S/c1-12(2)22-28(24,25)16-9-10-18(26-4)17(11-16)21-19(23)13(3)27-15-7-5-14(20)6-8-15/h5-13,22H,1-4H3,(H,21,23)/t13-/m1/s1. The Kier molecular flexibility index (Phi) is 6.98. The zero-order valence-electron chi connectivity index (χ0n) is 16.0. The van der Waals surface area contributed by atoms with E-state index in [0.717, 1.165) is 0 Å². The summed E-state index contributed by atoms with van der Waals surface area (Å²) in [6.45, 7) is 4.93. The number of rotatable bonds is 8. The quantitative estimate of drug-likeness (QED) is 0.698. The second-order valence-corrected chi connectivity index (χ2v) is 8.06. The van der Waals surface area contributed by atoms with Crippen molar-refractivity contribution in [2.24, 2.45) is 0 Å². The average Bonchev–Trinajstić information content (AvgIpc) is 2.62. The van der Waals surface area contributed by atoms with Crippen LogP contribution in [-0.4, -0.2) is 33.6 Å². The summed E-state index contributed by atoms with van der Waals surface area (Å²) in [7, 11) is -2.33. The van der Waals surface area contributed by atoms with Crippen LogP contribution in [0.4, 0.5) is 10.1 Å². The van der Waals surface area contributed by atoms with Crippen LogP contribution >= 0.6 is 0 Å². The normalized spacial score (nSPS) is 12.5. The van der Waals surface area contributed by atoms with Gasteiger partial charge in [0.2, 0.25) is 10.0 Å². The van der Waals surface area contributed by atoms with Crippen molar-refractivity contribution < 1.29 is 27.1 Å². The summed E-state index contributed by atoms with van der Waals surface area (Å²) in [6, 6.07) is 9.13. The number of benzene rings is 2. The Labute approximate surface area is 163 Å². The van der Waals surface area contributed by atoms with Gasteiger partial charge < -0.3 is 14.8 Å². The van der Waals surface area contributed by atoms with Gasteiger partial charge in [0.05, 0.1) is 17.7 Å². The maximum absolute atomic E-state index is 13.0. The number of hydrogen-bond acceptors (Lipinski definition) is 5. The third kappa shape index (κ3) is 5.67.